The molecule has 1 aromatic carbocycles. The van der Waals surface area contributed by atoms with Crippen LogP contribution in [-0.4, -0.2) is 14.2 Å². The number of hydrogen-bond donors (Lipinski definition) is 0. The summed E-state index contributed by atoms with van der Waals surface area (Å²) in [5.41, 5.74) is 2.80. The van der Waals surface area contributed by atoms with Crippen molar-refractivity contribution in [2.75, 3.05) is 14.2 Å². The molecular weight excluding hydrogens is 404 g/mol. The van der Waals surface area contributed by atoms with Gasteiger partial charge in [-0.25, -0.2) is 0 Å². The number of halogens is 1. The minimum absolute atomic E-state index is 0.131. The van der Waals surface area contributed by atoms with E-state index in [0.717, 1.165) is 15.8 Å². The van der Waals surface area contributed by atoms with Crippen LogP contribution in [0.1, 0.15) is 77.0 Å². The van der Waals surface area contributed by atoms with E-state index in [0.29, 0.717) is 23.0 Å². The molecule has 2 aromatic rings. The van der Waals surface area contributed by atoms with Crippen LogP contribution in [0.15, 0.2) is 15.0 Å². The van der Waals surface area contributed by atoms with Gasteiger partial charge in [0.15, 0.2) is 17.1 Å². The second-order valence-electron chi connectivity index (χ2n) is 9.43. The summed E-state index contributed by atoms with van der Waals surface area (Å²) >= 11 is 3.73. The Morgan fingerprint density at radius 1 is 1.11 bits per heavy atom. The third-order valence-electron chi connectivity index (χ3n) is 7.43. The molecule has 0 unspecified atom stereocenters. The van der Waals surface area contributed by atoms with Crippen molar-refractivity contribution in [2.24, 2.45) is 11.3 Å². The fourth-order valence-electron chi connectivity index (χ4n) is 6.13. The normalized spacial score (nSPS) is 29.7. The maximum absolute atomic E-state index is 6.56. The van der Waals surface area contributed by atoms with Gasteiger partial charge in [-0.1, -0.05) is 34.1 Å². The second kappa shape index (κ2) is 6.43. The molecule has 3 nitrogen and oxygen atoms in total. The van der Waals surface area contributed by atoms with Crippen molar-refractivity contribution >= 4 is 26.9 Å². The lowest BCUT2D eigenvalue weighted by Crippen LogP contribution is -2.44. The predicted molar refractivity (Wildman–Crippen MR) is 113 cm³/mol. The molecule has 0 aliphatic heterocycles. The molecule has 148 valence electrons. The van der Waals surface area contributed by atoms with Gasteiger partial charge < -0.3 is 13.9 Å². The SMILES string of the molecule is COc1cc2c3c(oc2c(Br)c1OC)[C@@H](C)CC[C@H]1C(C)(C)CCC[C@]31C. The van der Waals surface area contributed by atoms with Crippen LogP contribution in [-0.2, 0) is 5.41 Å². The average molecular weight is 435 g/mol. The zero-order valence-corrected chi connectivity index (χ0v) is 19.0. The van der Waals surface area contributed by atoms with E-state index < -0.39 is 0 Å². The summed E-state index contributed by atoms with van der Waals surface area (Å²) in [6, 6.07) is 2.13. The number of rotatable bonds is 2. The van der Waals surface area contributed by atoms with Gasteiger partial charge >= 0.3 is 0 Å². The highest BCUT2D eigenvalue weighted by atomic mass is 79.9. The standard InChI is InChI=1S/C23H31BrO3/c1-13-8-9-16-22(2,3)10-7-11-23(16,4)17-14-12-15(25-5)21(26-6)18(24)20(14)27-19(13)17/h12-13,16H,7-11H2,1-6H3/t13-,16-,23-/m0/s1. The van der Waals surface area contributed by atoms with Crippen LogP contribution in [0.3, 0.4) is 0 Å². The minimum Gasteiger partial charge on any atom is -0.493 e. The van der Waals surface area contributed by atoms with Crippen molar-refractivity contribution in [3.63, 3.8) is 0 Å². The molecular formula is C23H31BrO3. The highest BCUT2D eigenvalue weighted by Gasteiger charge is 2.51. The molecule has 0 amide bonds. The topological polar surface area (TPSA) is 31.6 Å². The molecule has 1 saturated carbocycles. The van der Waals surface area contributed by atoms with Crippen molar-refractivity contribution in [3.8, 4) is 11.5 Å². The molecule has 0 spiro atoms. The maximum Gasteiger partial charge on any atom is 0.178 e. The van der Waals surface area contributed by atoms with Crippen LogP contribution < -0.4 is 9.47 Å². The smallest absolute Gasteiger partial charge is 0.178 e. The molecule has 1 aromatic heterocycles. The van der Waals surface area contributed by atoms with Crippen molar-refractivity contribution in [2.45, 2.75) is 71.1 Å². The monoisotopic (exact) mass is 434 g/mol. The first-order valence-corrected chi connectivity index (χ1v) is 10.9. The highest BCUT2D eigenvalue weighted by molar-refractivity contribution is 9.10. The molecule has 2 aliphatic rings. The van der Waals surface area contributed by atoms with Gasteiger partial charge in [-0.05, 0) is 64.4 Å². The van der Waals surface area contributed by atoms with Gasteiger partial charge in [0.25, 0.3) is 0 Å². The molecule has 0 radical (unpaired) electrons. The van der Waals surface area contributed by atoms with Gasteiger partial charge in [0.1, 0.15) is 10.2 Å². The van der Waals surface area contributed by atoms with E-state index in [1.165, 1.54) is 48.8 Å². The van der Waals surface area contributed by atoms with Gasteiger partial charge in [0.2, 0.25) is 0 Å². The lowest BCUT2D eigenvalue weighted by atomic mass is 9.53. The Morgan fingerprint density at radius 3 is 2.52 bits per heavy atom. The maximum atomic E-state index is 6.56. The first-order valence-electron chi connectivity index (χ1n) is 10.1. The van der Waals surface area contributed by atoms with E-state index in [1.54, 1.807) is 14.2 Å². The van der Waals surface area contributed by atoms with E-state index in [9.17, 15) is 0 Å². The van der Waals surface area contributed by atoms with E-state index in [2.05, 4.69) is 49.7 Å². The van der Waals surface area contributed by atoms with Gasteiger partial charge in [0, 0.05) is 16.9 Å². The van der Waals surface area contributed by atoms with E-state index >= 15 is 0 Å². The summed E-state index contributed by atoms with van der Waals surface area (Å²) in [6.07, 6.45) is 6.26. The third-order valence-corrected chi connectivity index (χ3v) is 8.15. The largest absolute Gasteiger partial charge is 0.493 e. The predicted octanol–water partition coefficient (Wildman–Crippen LogP) is 7.19. The molecule has 27 heavy (non-hydrogen) atoms. The summed E-state index contributed by atoms with van der Waals surface area (Å²) in [5.74, 6) is 3.72. The van der Waals surface area contributed by atoms with E-state index in [4.69, 9.17) is 13.9 Å². The summed E-state index contributed by atoms with van der Waals surface area (Å²) in [5, 5.41) is 1.19. The van der Waals surface area contributed by atoms with Crippen LogP contribution in [0.5, 0.6) is 11.5 Å². The van der Waals surface area contributed by atoms with Crippen molar-refractivity contribution in [1.82, 2.24) is 0 Å². The number of ether oxygens (including phenoxy) is 2. The van der Waals surface area contributed by atoms with Crippen LogP contribution in [0, 0.1) is 11.3 Å². The van der Waals surface area contributed by atoms with Gasteiger partial charge in [-0.15, -0.1) is 0 Å². The third kappa shape index (κ3) is 2.66. The van der Waals surface area contributed by atoms with Crippen LogP contribution in [0.25, 0.3) is 11.0 Å². The molecule has 2 aliphatic carbocycles. The first kappa shape index (κ1) is 19.2. The molecule has 0 saturated heterocycles. The number of fused-ring (bicyclic) bond motifs is 5. The Bertz CT molecular complexity index is 882. The van der Waals surface area contributed by atoms with Crippen LogP contribution in [0.2, 0.25) is 0 Å². The van der Waals surface area contributed by atoms with E-state index in [1.807, 2.05) is 0 Å². The quantitative estimate of drug-likeness (QED) is 0.500. The molecule has 1 fully saturated rings. The Labute approximate surface area is 170 Å². The highest BCUT2D eigenvalue weighted by Crippen LogP contribution is 2.60. The lowest BCUT2D eigenvalue weighted by molar-refractivity contribution is 0.0504. The Morgan fingerprint density at radius 2 is 1.85 bits per heavy atom. The number of benzene rings is 1. The fraction of sp³-hybridized carbons (Fsp3) is 0.652. The average Bonchev–Trinajstić information content (AvgIpc) is 2.96. The fourth-order valence-corrected chi connectivity index (χ4v) is 6.78. The van der Waals surface area contributed by atoms with Gasteiger partial charge in [-0.3, -0.25) is 0 Å². The van der Waals surface area contributed by atoms with E-state index in [-0.39, 0.29) is 5.41 Å². The number of hydrogen-bond acceptors (Lipinski definition) is 3. The zero-order valence-electron chi connectivity index (χ0n) is 17.4. The van der Waals surface area contributed by atoms with Crippen LogP contribution in [0.4, 0.5) is 0 Å². The van der Waals surface area contributed by atoms with Gasteiger partial charge in [0.05, 0.1) is 14.2 Å². The molecule has 4 heteroatoms. The number of methoxy groups -OCH3 is 2. The van der Waals surface area contributed by atoms with Crippen molar-refractivity contribution in [3.05, 3.63) is 21.9 Å². The first-order chi connectivity index (χ1) is 12.7. The minimum atomic E-state index is 0.131. The summed E-state index contributed by atoms with van der Waals surface area (Å²) < 4.78 is 18.7. The zero-order chi connectivity index (χ0) is 19.6. The second-order valence-corrected chi connectivity index (χ2v) is 10.2. The van der Waals surface area contributed by atoms with Gasteiger partial charge in [-0.2, -0.15) is 0 Å². The van der Waals surface area contributed by atoms with Crippen LogP contribution >= 0.6 is 15.9 Å². The Hall–Kier alpha value is -1.16. The molecule has 4 rings (SSSR count). The summed E-state index contributed by atoms with van der Waals surface area (Å²) in [4.78, 5) is 0. The molecule has 1 heterocycles. The molecule has 0 bridgehead atoms. The van der Waals surface area contributed by atoms with Crippen molar-refractivity contribution in [1.29, 1.82) is 0 Å². The summed E-state index contributed by atoms with van der Waals surface area (Å²) in [7, 11) is 3.37. The molecule has 0 N–H and O–H groups in total. The Kier molecular flexibility index (Phi) is 4.57. The number of furan rings is 1. The van der Waals surface area contributed by atoms with Crippen molar-refractivity contribution < 1.29 is 13.9 Å². The molecule has 3 atom stereocenters. The lowest BCUT2D eigenvalue weighted by Gasteiger charge is -2.50. The Balaban J connectivity index is 2.06. The summed E-state index contributed by atoms with van der Waals surface area (Å²) in [6.45, 7) is 9.73.